The van der Waals surface area contributed by atoms with E-state index in [9.17, 15) is 17.6 Å². The third kappa shape index (κ3) is 3.46. The summed E-state index contributed by atoms with van der Waals surface area (Å²) in [5, 5.41) is 1.98. The van der Waals surface area contributed by atoms with Gasteiger partial charge in [0, 0.05) is 0 Å². The summed E-state index contributed by atoms with van der Waals surface area (Å²) in [4.78, 5) is 12.2. The van der Waals surface area contributed by atoms with Crippen molar-refractivity contribution in [2.75, 3.05) is 5.32 Å². The topological polar surface area (TPSA) is 76.4 Å². The Labute approximate surface area is 144 Å². The van der Waals surface area contributed by atoms with Gasteiger partial charge in [-0.3, -0.25) is 4.79 Å². The van der Waals surface area contributed by atoms with Gasteiger partial charge in [0.25, 0.3) is 5.91 Å². The summed E-state index contributed by atoms with van der Waals surface area (Å²) in [7, 11) is -3.87. The smallest absolute Gasteiger partial charge is 0.291 e. The Morgan fingerprint density at radius 2 is 1.68 bits per heavy atom. The number of carbonyl (C=O) groups excluding carboxylic acids is 1. The summed E-state index contributed by atoms with van der Waals surface area (Å²) in [6.07, 6.45) is 0. The van der Waals surface area contributed by atoms with Gasteiger partial charge in [-0.25, -0.2) is 12.8 Å². The molecule has 0 aliphatic carbocycles. The normalized spacial score (nSPS) is 11.3. The van der Waals surface area contributed by atoms with E-state index < -0.39 is 21.6 Å². The molecule has 0 radical (unpaired) electrons. The van der Waals surface area contributed by atoms with Gasteiger partial charge in [-0.2, -0.15) is 0 Å². The molecule has 0 atom stereocenters. The van der Waals surface area contributed by atoms with Gasteiger partial charge < -0.3 is 9.73 Å². The number of nitrogens with one attached hydrogen (secondary N) is 1. The van der Waals surface area contributed by atoms with Crippen molar-refractivity contribution >= 4 is 21.4 Å². The highest BCUT2D eigenvalue weighted by atomic mass is 32.2. The minimum atomic E-state index is -3.87. The van der Waals surface area contributed by atoms with Crippen LogP contribution in [-0.4, -0.2) is 14.3 Å². The molecule has 0 aliphatic rings. The first-order valence-electron chi connectivity index (χ1n) is 7.35. The molecule has 0 saturated heterocycles. The summed E-state index contributed by atoms with van der Waals surface area (Å²) in [6.45, 7) is 1.84. The van der Waals surface area contributed by atoms with Gasteiger partial charge >= 0.3 is 0 Å². The average molecular weight is 359 g/mol. The fourth-order valence-corrected chi connectivity index (χ4v) is 3.34. The molecular formula is C18H14FNO4S. The molecule has 0 unspecified atom stereocenters. The molecule has 1 N–H and O–H groups in total. The van der Waals surface area contributed by atoms with Crippen LogP contribution in [0, 0.1) is 12.7 Å². The molecule has 25 heavy (non-hydrogen) atoms. The van der Waals surface area contributed by atoms with Gasteiger partial charge in [-0.05, 0) is 43.3 Å². The second-order valence-electron chi connectivity index (χ2n) is 5.37. The fraction of sp³-hybridized carbons (Fsp3) is 0.0556. The highest BCUT2D eigenvalue weighted by Gasteiger charge is 2.23. The number of halogens is 1. The molecular weight excluding hydrogens is 345 g/mol. The fourth-order valence-electron chi connectivity index (χ4n) is 2.17. The molecule has 128 valence electrons. The first kappa shape index (κ1) is 16.9. The van der Waals surface area contributed by atoms with Gasteiger partial charge in [-0.1, -0.05) is 29.8 Å². The molecule has 0 saturated carbocycles. The maximum Gasteiger partial charge on any atom is 0.291 e. The zero-order valence-electron chi connectivity index (χ0n) is 13.2. The molecule has 0 bridgehead atoms. The highest BCUT2D eigenvalue weighted by molar-refractivity contribution is 7.91. The minimum Gasteiger partial charge on any atom is -0.439 e. The Morgan fingerprint density at radius 3 is 2.36 bits per heavy atom. The summed E-state index contributed by atoms with van der Waals surface area (Å²) in [6, 6.07) is 14.3. The Kier molecular flexibility index (Phi) is 4.41. The SMILES string of the molecule is Cc1ccc(S(=O)(=O)c2ccc(C(=O)Nc3ccccc3F)o2)cc1. The first-order chi connectivity index (χ1) is 11.9. The molecule has 3 rings (SSSR count). The van der Waals surface area contributed by atoms with E-state index in [0.717, 1.165) is 5.56 Å². The predicted molar refractivity (Wildman–Crippen MR) is 89.7 cm³/mol. The van der Waals surface area contributed by atoms with Gasteiger partial charge in [0.15, 0.2) is 5.76 Å². The molecule has 7 heteroatoms. The Balaban J connectivity index is 1.85. The van der Waals surface area contributed by atoms with Crippen LogP contribution in [0.25, 0.3) is 0 Å². The molecule has 5 nitrogen and oxygen atoms in total. The number of carbonyl (C=O) groups is 1. The summed E-state index contributed by atoms with van der Waals surface area (Å²) >= 11 is 0. The van der Waals surface area contributed by atoms with Crippen LogP contribution in [0.3, 0.4) is 0 Å². The summed E-state index contributed by atoms with van der Waals surface area (Å²) < 4.78 is 43.8. The lowest BCUT2D eigenvalue weighted by atomic mass is 10.2. The van der Waals surface area contributed by atoms with E-state index in [1.54, 1.807) is 18.2 Å². The van der Waals surface area contributed by atoms with Gasteiger partial charge in [-0.15, -0.1) is 0 Å². The standard InChI is InChI=1S/C18H14FNO4S/c1-12-6-8-13(9-7-12)25(22,23)17-11-10-16(24-17)18(21)20-15-5-3-2-4-14(15)19/h2-11H,1H3,(H,20,21). The van der Waals surface area contributed by atoms with Gasteiger partial charge in [0.2, 0.25) is 14.9 Å². The third-order valence-corrected chi connectivity index (χ3v) is 5.17. The lowest BCUT2D eigenvalue weighted by molar-refractivity contribution is 0.0991. The number of furan rings is 1. The van der Waals surface area contributed by atoms with Gasteiger partial charge in [0.1, 0.15) is 5.82 Å². The Morgan fingerprint density at radius 1 is 1.00 bits per heavy atom. The van der Waals surface area contributed by atoms with Crippen molar-refractivity contribution in [2.45, 2.75) is 16.9 Å². The number of sulfone groups is 1. The number of para-hydroxylation sites is 1. The second kappa shape index (κ2) is 6.52. The number of benzene rings is 2. The van der Waals surface area contributed by atoms with E-state index in [2.05, 4.69) is 5.32 Å². The third-order valence-electron chi connectivity index (χ3n) is 3.52. The van der Waals surface area contributed by atoms with Crippen LogP contribution in [0.15, 0.2) is 75.1 Å². The zero-order valence-corrected chi connectivity index (χ0v) is 14.0. The Bertz CT molecular complexity index is 1020. The molecule has 2 aromatic carbocycles. The zero-order chi connectivity index (χ0) is 18.0. The molecule has 0 fully saturated rings. The number of rotatable bonds is 4. The number of amides is 1. The number of aryl methyl sites for hydroxylation is 1. The van der Waals surface area contributed by atoms with Gasteiger partial charge in [0.05, 0.1) is 10.6 Å². The number of hydrogen-bond acceptors (Lipinski definition) is 4. The van der Waals surface area contributed by atoms with E-state index in [0.29, 0.717) is 0 Å². The van der Waals surface area contributed by atoms with E-state index in [1.807, 2.05) is 6.92 Å². The average Bonchev–Trinajstić information content (AvgIpc) is 3.08. The van der Waals surface area contributed by atoms with Crippen molar-refractivity contribution in [3.63, 3.8) is 0 Å². The molecule has 1 aromatic heterocycles. The lowest BCUT2D eigenvalue weighted by Gasteiger charge is -2.04. The van der Waals surface area contributed by atoms with Crippen molar-refractivity contribution in [3.05, 3.63) is 77.8 Å². The number of hydrogen-bond donors (Lipinski definition) is 1. The number of anilines is 1. The van der Waals surface area contributed by atoms with Crippen molar-refractivity contribution in [1.82, 2.24) is 0 Å². The van der Waals surface area contributed by atoms with E-state index in [4.69, 9.17) is 4.42 Å². The van der Waals surface area contributed by atoms with Crippen molar-refractivity contribution in [2.24, 2.45) is 0 Å². The molecule has 3 aromatic rings. The van der Waals surface area contributed by atoms with E-state index in [-0.39, 0.29) is 21.4 Å². The monoisotopic (exact) mass is 359 g/mol. The summed E-state index contributed by atoms with van der Waals surface area (Å²) in [5.74, 6) is -1.57. The van der Waals surface area contributed by atoms with E-state index in [1.165, 1.54) is 42.5 Å². The first-order valence-corrected chi connectivity index (χ1v) is 8.84. The van der Waals surface area contributed by atoms with Crippen LogP contribution in [0.5, 0.6) is 0 Å². The van der Waals surface area contributed by atoms with Crippen LogP contribution in [0.4, 0.5) is 10.1 Å². The second-order valence-corrected chi connectivity index (χ2v) is 7.25. The van der Waals surface area contributed by atoms with Crippen molar-refractivity contribution in [3.8, 4) is 0 Å². The predicted octanol–water partition coefficient (Wildman–Crippen LogP) is 3.81. The maximum atomic E-state index is 13.6. The Hall–Kier alpha value is -2.93. The molecule has 0 spiro atoms. The van der Waals surface area contributed by atoms with Crippen LogP contribution in [0.2, 0.25) is 0 Å². The minimum absolute atomic E-state index is 0.0214. The van der Waals surface area contributed by atoms with Crippen LogP contribution in [-0.2, 0) is 9.84 Å². The van der Waals surface area contributed by atoms with Crippen molar-refractivity contribution in [1.29, 1.82) is 0 Å². The quantitative estimate of drug-likeness (QED) is 0.768. The lowest BCUT2D eigenvalue weighted by Crippen LogP contribution is -2.12. The van der Waals surface area contributed by atoms with Crippen LogP contribution in [0.1, 0.15) is 16.1 Å². The summed E-state index contributed by atoms with van der Waals surface area (Å²) in [5.41, 5.74) is 0.898. The highest BCUT2D eigenvalue weighted by Crippen LogP contribution is 2.24. The molecule has 1 amide bonds. The van der Waals surface area contributed by atoms with Crippen LogP contribution >= 0.6 is 0 Å². The molecule has 0 aliphatic heterocycles. The van der Waals surface area contributed by atoms with Crippen molar-refractivity contribution < 1.29 is 22.0 Å². The largest absolute Gasteiger partial charge is 0.439 e. The molecule has 1 heterocycles. The van der Waals surface area contributed by atoms with Crippen LogP contribution < -0.4 is 5.32 Å². The maximum absolute atomic E-state index is 13.6. The van der Waals surface area contributed by atoms with E-state index >= 15 is 0 Å².